The Kier molecular flexibility index (Phi) is 5.08. The Labute approximate surface area is 86.7 Å². The molecule has 1 rings (SSSR count). The van der Waals surface area contributed by atoms with Crippen molar-refractivity contribution in [1.82, 2.24) is 5.32 Å². The maximum Gasteiger partial charge on any atom is 0.0340 e. The average molecular weight is 192 g/mol. The number of rotatable bonds is 6. The summed E-state index contributed by atoms with van der Waals surface area (Å²) in [6.45, 7) is 7.34. The Morgan fingerprint density at radius 3 is 2.29 bits per heavy atom. The van der Waals surface area contributed by atoms with Gasteiger partial charge in [0.2, 0.25) is 0 Å². The number of likely N-dealkylation sites (N-methyl/N-ethyl adjacent to an activating group) is 1. The zero-order valence-corrected chi connectivity index (χ0v) is 9.14. The van der Waals surface area contributed by atoms with Crippen molar-refractivity contribution in [3.05, 3.63) is 29.8 Å². The van der Waals surface area contributed by atoms with Crippen LogP contribution in [0.5, 0.6) is 0 Å². The van der Waals surface area contributed by atoms with Gasteiger partial charge in [0, 0.05) is 18.8 Å². The van der Waals surface area contributed by atoms with E-state index in [1.165, 1.54) is 11.3 Å². The highest BCUT2D eigenvalue weighted by Gasteiger charge is 1.91. The normalized spacial score (nSPS) is 10.1. The maximum absolute atomic E-state index is 3.37. The van der Waals surface area contributed by atoms with Crippen molar-refractivity contribution in [3.8, 4) is 0 Å². The van der Waals surface area contributed by atoms with Crippen LogP contribution < -0.4 is 10.6 Å². The van der Waals surface area contributed by atoms with Gasteiger partial charge in [-0.25, -0.2) is 0 Å². The van der Waals surface area contributed by atoms with Crippen LogP contribution in [0.3, 0.4) is 0 Å². The number of hydrogen-bond acceptors (Lipinski definition) is 2. The topological polar surface area (TPSA) is 24.1 Å². The molecule has 2 N–H and O–H groups in total. The molecule has 0 unspecified atom stereocenters. The minimum Gasteiger partial charge on any atom is -0.384 e. The molecule has 0 aliphatic rings. The van der Waals surface area contributed by atoms with E-state index < -0.39 is 0 Å². The van der Waals surface area contributed by atoms with E-state index in [9.17, 15) is 0 Å². The van der Waals surface area contributed by atoms with E-state index in [0.29, 0.717) is 0 Å². The Morgan fingerprint density at radius 1 is 1.00 bits per heavy atom. The van der Waals surface area contributed by atoms with E-state index in [1.807, 2.05) is 0 Å². The average Bonchev–Trinajstić information content (AvgIpc) is 2.25. The summed E-state index contributed by atoms with van der Waals surface area (Å²) in [6.07, 6.45) is 1.11. The molecule has 1 aromatic rings. The number of aryl methyl sites for hydroxylation is 1. The van der Waals surface area contributed by atoms with Gasteiger partial charge in [-0.1, -0.05) is 26.0 Å². The van der Waals surface area contributed by atoms with Crippen molar-refractivity contribution in [2.24, 2.45) is 0 Å². The van der Waals surface area contributed by atoms with E-state index in [2.05, 4.69) is 48.7 Å². The first-order chi connectivity index (χ1) is 6.86. The van der Waals surface area contributed by atoms with Crippen LogP contribution >= 0.6 is 0 Å². The third-order valence-corrected chi connectivity index (χ3v) is 2.24. The van der Waals surface area contributed by atoms with Crippen LogP contribution in [0.15, 0.2) is 24.3 Å². The fraction of sp³-hybridized carbons (Fsp3) is 0.500. The van der Waals surface area contributed by atoms with Crippen LogP contribution in [-0.4, -0.2) is 19.6 Å². The van der Waals surface area contributed by atoms with Crippen molar-refractivity contribution >= 4 is 5.69 Å². The highest BCUT2D eigenvalue weighted by molar-refractivity contribution is 5.44. The second kappa shape index (κ2) is 6.44. The third-order valence-electron chi connectivity index (χ3n) is 2.24. The van der Waals surface area contributed by atoms with Gasteiger partial charge in [-0.05, 0) is 30.7 Å². The maximum atomic E-state index is 3.37. The molecule has 0 saturated carbocycles. The summed E-state index contributed by atoms with van der Waals surface area (Å²) in [5.41, 5.74) is 2.60. The summed E-state index contributed by atoms with van der Waals surface area (Å²) in [4.78, 5) is 0. The van der Waals surface area contributed by atoms with E-state index in [4.69, 9.17) is 0 Å². The molecule has 0 bridgehead atoms. The molecule has 0 spiro atoms. The fourth-order valence-corrected chi connectivity index (χ4v) is 1.33. The van der Waals surface area contributed by atoms with Gasteiger partial charge in [-0.2, -0.15) is 0 Å². The SMILES string of the molecule is CCNCCNc1ccc(CC)cc1. The fourth-order valence-electron chi connectivity index (χ4n) is 1.33. The summed E-state index contributed by atoms with van der Waals surface area (Å²) in [5, 5.41) is 6.65. The molecule has 0 aliphatic carbocycles. The minimum atomic E-state index is 0.985. The quantitative estimate of drug-likeness (QED) is 0.676. The lowest BCUT2D eigenvalue weighted by atomic mass is 10.1. The summed E-state index contributed by atoms with van der Waals surface area (Å²) < 4.78 is 0. The van der Waals surface area contributed by atoms with E-state index in [-0.39, 0.29) is 0 Å². The molecule has 0 saturated heterocycles. The highest BCUT2D eigenvalue weighted by atomic mass is 14.9. The summed E-state index contributed by atoms with van der Waals surface area (Å²) in [5.74, 6) is 0. The van der Waals surface area contributed by atoms with E-state index >= 15 is 0 Å². The molecule has 0 atom stereocenters. The van der Waals surface area contributed by atoms with Gasteiger partial charge in [-0.3, -0.25) is 0 Å². The van der Waals surface area contributed by atoms with Crippen LogP contribution in [0.25, 0.3) is 0 Å². The molecule has 0 radical (unpaired) electrons. The Balaban J connectivity index is 2.29. The van der Waals surface area contributed by atoms with Crippen molar-refractivity contribution in [2.45, 2.75) is 20.3 Å². The zero-order chi connectivity index (χ0) is 10.2. The van der Waals surface area contributed by atoms with Crippen LogP contribution in [-0.2, 0) is 6.42 Å². The Bertz CT molecular complexity index is 241. The molecule has 2 nitrogen and oxygen atoms in total. The van der Waals surface area contributed by atoms with Gasteiger partial charge >= 0.3 is 0 Å². The second-order valence-electron chi connectivity index (χ2n) is 3.33. The molecule has 14 heavy (non-hydrogen) atoms. The summed E-state index contributed by atoms with van der Waals surface area (Å²) in [6, 6.07) is 8.64. The molecule has 0 fully saturated rings. The third kappa shape index (κ3) is 3.79. The Hall–Kier alpha value is -1.02. The zero-order valence-electron chi connectivity index (χ0n) is 9.14. The van der Waals surface area contributed by atoms with Gasteiger partial charge in [0.15, 0.2) is 0 Å². The second-order valence-corrected chi connectivity index (χ2v) is 3.33. The van der Waals surface area contributed by atoms with Crippen LogP contribution in [0.2, 0.25) is 0 Å². The standard InChI is InChI=1S/C12H20N2/c1-3-11-5-7-12(8-6-11)14-10-9-13-4-2/h5-8,13-14H,3-4,9-10H2,1-2H3. The minimum absolute atomic E-state index is 0.985. The summed E-state index contributed by atoms with van der Waals surface area (Å²) in [7, 11) is 0. The first-order valence-electron chi connectivity index (χ1n) is 5.40. The van der Waals surface area contributed by atoms with Crippen LogP contribution in [0.1, 0.15) is 19.4 Å². The van der Waals surface area contributed by atoms with Crippen LogP contribution in [0.4, 0.5) is 5.69 Å². The van der Waals surface area contributed by atoms with Crippen molar-refractivity contribution < 1.29 is 0 Å². The molecule has 78 valence electrons. The molecule has 0 aliphatic heterocycles. The number of anilines is 1. The highest BCUT2D eigenvalue weighted by Crippen LogP contribution is 2.08. The van der Waals surface area contributed by atoms with Gasteiger partial charge < -0.3 is 10.6 Å². The molecule has 0 amide bonds. The van der Waals surface area contributed by atoms with Crippen molar-refractivity contribution in [1.29, 1.82) is 0 Å². The largest absolute Gasteiger partial charge is 0.384 e. The number of hydrogen-bond donors (Lipinski definition) is 2. The lowest BCUT2D eigenvalue weighted by Crippen LogP contribution is -2.21. The van der Waals surface area contributed by atoms with E-state index in [1.54, 1.807) is 0 Å². The first kappa shape index (κ1) is 11.1. The predicted octanol–water partition coefficient (Wildman–Crippen LogP) is 2.27. The number of nitrogens with one attached hydrogen (secondary N) is 2. The van der Waals surface area contributed by atoms with Crippen LogP contribution in [0, 0.1) is 0 Å². The lowest BCUT2D eigenvalue weighted by Gasteiger charge is -2.07. The molecule has 2 heteroatoms. The molecule has 0 heterocycles. The molecule has 0 aromatic heterocycles. The molecular formula is C12H20N2. The Morgan fingerprint density at radius 2 is 1.71 bits per heavy atom. The number of benzene rings is 1. The van der Waals surface area contributed by atoms with Crippen molar-refractivity contribution in [2.75, 3.05) is 25.0 Å². The monoisotopic (exact) mass is 192 g/mol. The van der Waals surface area contributed by atoms with Crippen molar-refractivity contribution in [3.63, 3.8) is 0 Å². The predicted molar refractivity (Wildman–Crippen MR) is 62.9 cm³/mol. The van der Waals surface area contributed by atoms with E-state index in [0.717, 1.165) is 26.1 Å². The molecule has 1 aromatic carbocycles. The van der Waals surface area contributed by atoms with Gasteiger partial charge in [0.1, 0.15) is 0 Å². The lowest BCUT2D eigenvalue weighted by molar-refractivity contribution is 0.739. The first-order valence-corrected chi connectivity index (χ1v) is 5.40. The molecular weight excluding hydrogens is 172 g/mol. The summed E-state index contributed by atoms with van der Waals surface area (Å²) >= 11 is 0. The smallest absolute Gasteiger partial charge is 0.0340 e. The van der Waals surface area contributed by atoms with Gasteiger partial charge in [0.25, 0.3) is 0 Å². The van der Waals surface area contributed by atoms with Gasteiger partial charge in [0.05, 0.1) is 0 Å². The van der Waals surface area contributed by atoms with Gasteiger partial charge in [-0.15, -0.1) is 0 Å².